The van der Waals surface area contributed by atoms with E-state index in [1.54, 1.807) is 16.2 Å². The Morgan fingerprint density at radius 2 is 2.29 bits per heavy atom. The molecule has 6 nitrogen and oxygen atoms in total. The van der Waals surface area contributed by atoms with Crippen LogP contribution in [0.1, 0.15) is 36.6 Å². The number of carbonyl (C=O) groups is 2. The van der Waals surface area contributed by atoms with Gasteiger partial charge in [0, 0.05) is 24.2 Å². The summed E-state index contributed by atoms with van der Waals surface area (Å²) < 4.78 is 0. The van der Waals surface area contributed by atoms with E-state index < -0.39 is 11.4 Å². The summed E-state index contributed by atoms with van der Waals surface area (Å²) in [4.78, 5) is 30.5. The van der Waals surface area contributed by atoms with Crippen molar-refractivity contribution in [2.45, 2.75) is 39.7 Å². The number of carboxylic acid groups (broad SMARTS) is 1. The number of nitrogens with zero attached hydrogens (tertiary/aromatic N) is 2. The molecule has 1 unspecified atom stereocenters. The van der Waals surface area contributed by atoms with Gasteiger partial charge in [0.05, 0.1) is 12.0 Å². The first-order valence-corrected chi connectivity index (χ1v) is 8.02. The molecule has 2 N–H and O–H groups in total. The molecule has 0 spiro atoms. The van der Waals surface area contributed by atoms with Crippen LogP contribution in [-0.4, -0.2) is 40.1 Å². The fourth-order valence-corrected chi connectivity index (χ4v) is 3.32. The number of carboxylic acids is 1. The van der Waals surface area contributed by atoms with Gasteiger partial charge in [-0.05, 0) is 19.3 Å². The normalized spacial score (nSPS) is 21.5. The van der Waals surface area contributed by atoms with E-state index in [0.717, 1.165) is 11.4 Å². The molecule has 116 valence electrons. The van der Waals surface area contributed by atoms with Crippen LogP contribution in [-0.2, 0) is 17.8 Å². The average molecular weight is 311 g/mol. The number of rotatable bonds is 5. The zero-order valence-electron chi connectivity index (χ0n) is 12.4. The molecule has 0 aromatic carbocycles. The average Bonchev–Trinajstić information content (AvgIpc) is 3.12. The first-order chi connectivity index (χ1) is 10.0. The monoisotopic (exact) mass is 311 g/mol. The minimum Gasteiger partial charge on any atom is -0.481 e. The van der Waals surface area contributed by atoms with E-state index in [1.165, 1.54) is 4.88 Å². The second-order valence-corrected chi connectivity index (χ2v) is 6.54. The molecule has 2 amide bonds. The first kappa shape index (κ1) is 15.8. The van der Waals surface area contributed by atoms with E-state index in [2.05, 4.69) is 17.2 Å². The van der Waals surface area contributed by atoms with Crippen LogP contribution >= 0.6 is 11.3 Å². The Labute approximate surface area is 128 Å². The predicted octanol–water partition coefficient (Wildman–Crippen LogP) is 2.10. The summed E-state index contributed by atoms with van der Waals surface area (Å²) in [6.07, 6.45) is 3.83. The highest BCUT2D eigenvalue weighted by Crippen LogP contribution is 2.34. The van der Waals surface area contributed by atoms with Gasteiger partial charge in [-0.15, -0.1) is 11.3 Å². The van der Waals surface area contributed by atoms with Gasteiger partial charge in [0.15, 0.2) is 0 Å². The molecule has 1 atom stereocenters. The van der Waals surface area contributed by atoms with Crippen LogP contribution in [0.3, 0.4) is 0 Å². The van der Waals surface area contributed by atoms with Gasteiger partial charge >= 0.3 is 12.0 Å². The van der Waals surface area contributed by atoms with Crippen LogP contribution in [0, 0.1) is 5.41 Å². The molecule has 7 heteroatoms. The van der Waals surface area contributed by atoms with E-state index >= 15 is 0 Å². The number of carbonyl (C=O) groups excluding carboxylic acids is 1. The third kappa shape index (κ3) is 3.34. The smallest absolute Gasteiger partial charge is 0.317 e. The number of hydrogen-bond acceptors (Lipinski definition) is 4. The first-order valence-electron chi connectivity index (χ1n) is 7.20. The van der Waals surface area contributed by atoms with Crippen molar-refractivity contribution >= 4 is 23.3 Å². The second-order valence-electron chi connectivity index (χ2n) is 5.34. The van der Waals surface area contributed by atoms with Gasteiger partial charge in [0.2, 0.25) is 0 Å². The van der Waals surface area contributed by atoms with E-state index in [-0.39, 0.29) is 12.6 Å². The molecule has 0 radical (unpaired) electrons. The Kier molecular flexibility index (Phi) is 4.82. The second kappa shape index (κ2) is 6.43. The van der Waals surface area contributed by atoms with Crippen LogP contribution in [0.2, 0.25) is 0 Å². The minimum absolute atomic E-state index is 0.208. The number of aryl methyl sites for hydroxylation is 1. The summed E-state index contributed by atoms with van der Waals surface area (Å²) in [7, 11) is 0. The van der Waals surface area contributed by atoms with Crippen molar-refractivity contribution in [2.24, 2.45) is 5.41 Å². The summed E-state index contributed by atoms with van der Waals surface area (Å²) in [6, 6.07) is -0.208. The molecular formula is C14H21N3O3S. The Balaban J connectivity index is 1.88. The Hall–Kier alpha value is -1.63. The summed E-state index contributed by atoms with van der Waals surface area (Å²) in [5, 5.41) is 13.0. The molecule has 1 saturated heterocycles. The van der Waals surface area contributed by atoms with E-state index in [9.17, 15) is 14.7 Å². The molecule has 1 aromatic heterocycles. The van der Waals surface area contributed by atoms with Crippen LogP contribution in [0.5, 0.6) is 0 Å². The third-order valence-electron chi connectivity index (χ3n) is 4.11. The molecule has 0 aliphatic carbocycles. The molecule has 1 aliphatic heterocycles. The quantitative estimate of drug-likeness (QED) is 0.872. The predicted molar refractivity (Wildman–Crippen MR) is 80.3 cm³/mol. The van der Waals surface area contributed by atoms with Crippen molar-refractivity contribution < 1.29 is 14.7 Å². The van der Waals surface area contributed by atoms with Gasteiger partial charge in [-0.1, -0.05) is 13.8 Å². The zero-order valence-corrected chi connectivity index (χ0v) is 13.2. The molecule has 0 bridgehead atoms. The van der Waals surface area contributed by atoms with Crippen molar-refractivity contribution in [3.8, 4) is 0 Å². The number of aliphatic carboxylic acids is 1. The van der Waals surface area contributed by atoms with Gasteiger partial charge in [0.1, 0.15) is 5.01 Å². The summed E-state index contributed by atoms with van der Waals surface area (Å²) in [5.41, 5.74) is -0.784. The minimum atomic E-state index is -0.812. The maximum atomic E-state index is 12.1. The van der Waals surface area contributed by atoms with E-state index in [1.807, 2.05) is 13.1 Å². The summed E-state index contributed by atoms with van der Waals surface area (Å²) >= 11 is 1.59. The molecular weight excluding hydrogens is 290 g/mol. The molecule has 0 saturated carbocycles. The van der Waals surface area contributed by atoms with Gasteiger partial charge < -0.3 is 15.3 Å². The highest BCUT2D eigenvalue weighted by Gasteiger charge is 2.44. The van der Waals surface area contributed by atoms with Crippen molar-refractivity contribution in [2.75, 3.05) is 13.1 Å². The number of nitrogens with one attached hydrogen (secondary N) is 1. The van der Waals surface area contributed by atoms with Gasteiger partial charge in [-0.25, -0.2) is 9.78 Å². The number of hydrogen-bond donors (Lipinski definition) is 2. The lowest BCUT2D eigenvalue weighted by Crippen LogP contribution is -2.41. The topological polar surface area (TPSA) is 82.5 Å². The zero-order chi connectivity index (χ0) is 15.5. The lowest BCUT2D eigenvalue weighted by Gasteiger charge is -2.23. The standard InChI is InChI=1S/C14H21N3O3S/c1-3-10-7-15-11(21-10)8-16-13(20)17-6-5-14(4-2,9-17)12(18)19/h7H,3-6,8-9H2,1-2H3,(H,16,20)(H,18,19). The Morgan fingerprint density at radius 1 is 1.52 bits per heavy atom. The Bertz CT molecular complexity index is 531. The van der Waals surface area contributed by atoms with Crippen molar-refractivity contribution in [1.82, 2.24) is 15.2 Å². The van der Waals surface area contributed by atoms with Crippen molar-refractivity contribution in [3.05, 3.63) is 16.1 Å². The molecule has 2 heterocycles. The van der Waals surface area contributed by atoms with Crippen LogP contribution in [0.4, 0.5) is 4.79 Å². The SMILES string of the molecule is CCc1cnc(CNC(=O)N2CCC(CC)(C(=O)O)C2)s1. The molecule has 21 heavy (non-hydrogen) atoms. The van der Waals surface area contributed by atoms with Gasteiger partial charge in [0.25, 0.3) is 0 Å². The van der Waals surface area contributed by atoms with Crippen molar-refractivity contribution in [3.63, 3.8) is 0 Å². The molecule has 1 aromatic rings. The summed E-state index contributed by atoms with van der Waals surface area (Å²) in [6.45, 7) is 5.09. The maximum absolute atomic E-state index is 12.1. The highest BCUT2D eigenvalue weighted by molar-refractivity contribution is 7.11. The lowest BCUT2D eigenvalue weighted by atomic mass is 9.84. The number of likely N-dealkylation sites (tertiary alicyclic amines) is 1. The fourth-order valence-electron chi connectivity index (χ4n) is 2.52. The largest absolute Gasteiger partial charge is 0.481 e. The van der Waals surface area contributed by atoms with Crippen molar-refractivity contribution in [1.29, 1.82) is 0 Å². The lowest BCUT2D eigenvalue weighted by molar-refractivity contribution is -0.148. The molecule has 1 aliphatic rings. The maximum Gasteiger partial charge on any atom is 0.317 e. The van der Waals surface area contributed by atoms with Gasteiger partial charge in [-0.3, -0.25) is 4.79 Å². The van der Waals surface area contributed by atoms with E-state index in [0.29, 0.717) is 25.9 Å². The highest BCUT2D eigenvalue weighted by atomic mass is 32.1. The number of amides is 2. The molecule has 1 fully saturated rings. The third-order valence-corrected chi connectivity index (χ3v) is 5.25. The molecule has 2 rings (SSSR count). The van der Waals surface area contributed by atoms with Crippen LogP contribution in [0.25, 0.3) is 0 Å². The van der Waals surface area contributed by atoms with Crippen LogP contribution < -0.4 is 5.32 Å². The Morgan fingerprint density at radius 3 is 2.81 bits per heavy atom. The van der Waals surface area contributed by atoms with Gasteiger partial charge in [-0.2, -0.15) is 0 Å². The van der Waals surface area contributed by atoms with Crippen LogP contribution in [0.15, 0.2) is 6.20 Å². The summed E-state index contributed by atoms with van der Waals surface area (Å²) in [5.74, 6) is -0.812. The number of aromatic nitrogens is 1. The fraction of sp³-hybridized carbons (Fsp3) is 0.643. The number of urea groups is 1. The van der Waals surface area contributed by atoms with E-state index in [4.69, 9.17) is 0 Å². The number of thiazole rings is 1.